The Morgan fingerprint density at radius 2 is 1.68 bits per heavy atom. The zero-order valence-electron chi connectivity index (χ0n) is 21.0. The molecule has 1 unspecified atom stereocenters. The second-order valence-electron chi connectivity index (χ2n) is 9.75. The van der Waals surface area contributed by atoms with Crippen LogP contribution in [-0.2, 0) is 11.3 Å². The molecule has 1 atom stereocenters. The molecule has 5 rings (SSSR count). The number of para-hydroxylation sites is 2. The number of benzene rings is 3. The van der Waals surface area contributed by atoms with Crippen LogP contribution in [0.4, 0.5) is 5.69 Å². The monoisotopic (exact) mass is 519 g/mol. The Hall–Kier alpha value is -2.90. The van der Waals surface area contributed by atoms with Crippen molar-refractivity contribution in [2.24, 2.45) is 0 Å². The number of carbonyl (C=O) groups excluding carboxylic acids is 1. The van der Waals surface area contributed by atoms with Crippen LogP contribution in [0.1, 0.15) is 28.8 Å². The van der Waals surface area contributed by atoms with Crippen LogP contribution in [0, 0.1) is 0 Å². The van der Waals surface area contributed by atoms with Crippen molar-refractivity contribution in [3.05, 3.63) is 95.0 Å². The molecule has 37 heavy (non-hydrogen) atoms. The summed E-state index contributed by atoms with van der Waals surface area (Å²) in [6.07, 6.45) is 2.29. The van der Waals surface area contributed by atoms with Crippen molar-refractivity contribution in [2.75, 3.05) is 44.7 Å². The average Bonchev–Trinajstić information content (AvgIpc) is 2.94. The van der Waals surface area contributed by atoms with E-state index < -0.39 is 0 Å². The second-order valence-corrected chi connectivity index (χ2v) is 10.2. The van der Waals surface area contributed by atoms with Gasteiger partial charge in [-0.2, -0.15) is 0 Å². The number of halogens is 1. The molecule has 0 radical (unpaired) electrons. The van der Waals surface area contributed by atoms with Crippen LogP contribution in [0.3, 0.4) is 0 Å². The highest BCUT2D eigenvalue weighted by Gasteiger charge is 2.30. The highest BCUT2D eigenvalue weighted by molar-refractivity contribution is 6.30. The van der Waals surface area contributed by atoms with Gasteiger partial charge in [-0.15, -0.1) is 0 Å². The summed E-state index contributed by atoms with van der Waals surface area (Å²) in [6.45, 7) is 6.08. The smallest absolute Gasteiger partial charge is 0.259 e. The molecule has 7 heteroatoms. The number of hydrogen-bond donors (Lipinski definition) is 1. The van der Waals surface area contributed by atoms with E-state index >= 15 is 0 Å². The van der Waals surface area contributed by atoms with Crippen molar-refractivity contribution >= 4 is 23.2 Å². The molecule has 194 valence electrons. The van der Waals surface area contributed by atoms with Gasteiger partial charge in [-0.05, 0) is 67.9 Å². The van der Waals surface area contributed by atoms with Gasteiger partial charge in [0.25, 0.3) is 5.91 Å². The molecule has 2 aliphatic heterocycles. The lowest BCUT2D eigenvalue weighted by atomic mass is 10.0. The first kappa shape index (κ1) is 25.7. The van der Waals surface area contributed by atoms with Crippen molar-refractivity contribution < 1.29 is 14.3 Å². The largest absolute Gasteiger partial charge is 0.490 e. The second kappa shape index (κ2) is 12.6. The van der Waals surface area contributed by atoms with Crippen LogP contribution in [0.5, 0.6) is 5.75 Å². The van der Waals surface area contributed by atoms with Crippen molar-refractivity contribution in [3.8, 4) is 5.75 Å². The molecule has 2 saturated heterocycles. The highest BCUT2D eigenvalue weighted by atomic mass is 35.5. The third kappa shape index (κ3) is 7.11. The maximum Gasteiger partial charge on any atom is 0.259 e. The molecule has 1 N–H and O–H groups in total. The molecule has 2 aliphatic rings. The van der Waals surface area contributed by atoms with E-state index in [-0.39, 0.29) is 12.0 Å². The molecular formula is C30H34ClN3O3. The molecule has 6 nitrogen and oxygen atoms in total. The van der Waals surface area contributed by atoms with Gasteiger partial charge in [-0.3, -0.25) is 14.6 Å². The fourth-order valence-electron chi connectivity index (χ4n) is 5.15. The molecule has 0 saturated carbocycles. The maximum absolute atomic E-state index is 12.9. The van der Waals surface area contributed by atoms with Gasteiger partial charge in [0.05, 0.1) is 12.2 Å². The lowest BCUT2D eigenvalue weighted by Crippen LogP contribution is -2.52. The van der Waals surface area contributed by atoms with Crippen LogP contribution in [0.25, 0.3) is 0 Å². The van der Waals surface area contributed by atoms with E-state index in [1.54, 1.807) is 6.07 Å². The molecule has 2 heterocycles. The summed E-state index contributed by atoms with van der Waals surface area (Å²) in [4.78, 5) is 17.9. The van der Waals surface area contributed by atoms with E-state index in [4.69, 9.17) is 21.1 Å². The summed E-state index contributed by atoms with van der Waals surface area (Å²) in [5.74, 6) is 0.394. The van der Waals surface area contributed by atoms with Gasteiger partial charge in [0.1, 0.15) is 18.5 Å². The Morgan fingerprint density at radius 1 is 0.946 bits per heavy atom. The number of amides is 1. The number of likely N-dealkylation sites (tertiary alicyclic amines) is 1. The number of nitrogens with zero attached hydrogens (tertiary/aromatic N) is 2. The number of piperidine rings is 1. The van der Waals surface area contributed by atoms with Crippen LogP contribution in [0.15, 0.2) is 78.9 Å². The maximum atomic E-state index is 12.9. The summed E-state index contributed by atoms with van der Waals surface area (Å²) in [5, 5.41) is 3.72. The van der Waals surface area contributed by atoms with Gasteiger partial charge in [0, 0.05) is 36.4 Å². The fourth-order valence-corrected chi connectivity index (χ4v) is 5.27. The van der Waals surface area contributed by atoms with Gasteiger partial charge < -0.3 is 14.8 Å². The molecule has 0 spiro atoms. The number of rotatable bonds is 8. The number of morpholine rings is 1. The van der Waals surface area contributed by atoms with E-state index in [9.17, 15) is 4.79 Å². The molecule has 3 aromatic rings. The molecule has 2 fully saturated rings. The number of carbonyl (C=O) groups is 1. The standard InChI is InChI=1S/C30H34ClN3O3/c31-24-12-10-23(11-13-24)20-33-16-14-26(15-17-33)34-18-19-36-27(21-34)22-37-29-9-5-4-8-28(29)30(35)32-25-6-2-1-3-7-25/h1-13,26-27H,14-22H2,(H,32,35). The number of anilines is 1. The predicted octanol–water partition coefficient (Wildman–Crippen LogP) is 5.34. The lowest BCUT2D eigenvalue weighted by molar-refractivity contribution is -0.0675. The van der Waals surface area contributed by atoms with E-state index in [0.717, 1.165) is 56.3 Å². The fraction of sp³-hybridized carbons (Fsp3) is 0.367. The van der Waals surface area contributed by atoms with E-state index in [1.165, 1.54) is 5.56 Å². The van der Waals surface area contributed by atoms with Crippen molar-refractivity contribution in [2.45, 2.75) is 31.5 Å². The lowest BCUT2D eigenvalue weighted by Gasteiger charge is -2.42. The molecule has 1 amide bonds. The minimum Gasteiger partial charge on any atom is -0.490 e. The minimum atomic E-state index is -0.182. The Morgan fingerprint density at radius 3 is 2.46 bits per heavy atom. The first-order valence-corrected chi connectivity index (χ1v) is 13.4. The Labute approximate surface area is 224 Å². The van der Waals surface area contributed by atoms with Gasteiger partial charge in [0.15, 0.2) is 0 Å². The van der Waals surface area contributed by atoms with Crippen LogP contribution < -0.4 is 10.1 Å². The average molecular weight is 520 g/mol. The van der Waals surface area contributed by atoms with Crippen molar-refractivity contribution in [3.63, 3.8) is 0 Å². The summed E-state index contributed by atoms with van der Waals surface area (Å²) in [6, 6.07) is 25.6. The SMILES string of the molecule is O=C(Nc1ccccc1)c1ccccc1OCC1CN(C2CCN(Cc3ccc(Cl)cc3)CC2)CCO1. The number of nitrogens with one attached hydrogen (secondary N) is 1. The van der Waals surface area contributed by atoms with Gasteiger partial charge in [-0.25, -0.2) is 0 Å². The predicted molar refractivity (Wildman–Crippen MR) is 147 cm³/mol. The molecule has 0 aromatic heterocycles. The summed E-state index contributed by atoms with van der Waals surface area (Å²) in [7, 11) is 0. The quantitative estimate of drug-likeness (QED) is 0.435. The van der Waals surface area contributed by atoms with Crippen molar-refractivity contribution in [1.82, 2.24) is 9.80 Å². The van der Waals surface area contributed by atoms with Crippen molar-refractivity contribution in [1.29, 1.82) is 0 Å². The first-order valence-electron chi connectivity index (χ1n) is 13.0. The van der Waals surface area contributed by atoms with E-state index in [0.29, 0.717) is 30.6 Å². The van der Waals surface area contributed by atoms with Crippen LogP contribution in [0.2, 0.25) is 5.02 Å². The topological polar surface area (TPSA) is 54.0 Å². The number of ether oxygens (including phenoxy) is 2. The normalized spacial score (nSPS) is 19.4. The van der Waals surface area contributed by atoms with Crippen LogP contribution >= 0.6 is 11.6 Å². The van der Waals surface area contributed by atoms with E-state index in [1.807, 2.05) is 60.7 Å². The van der Waals surface area contributed by atoms with Gasteiger partial charge in [-0.1, -0.05) is 54.1 Å². The van der Waals surface area contributed by atoms with Crippen LogP contribution in [-0.4, -0.2) is 67.2 Å². The summed E-state index contributed by atoms with van der Waals surface area (Å²) < 4.78 is 12.2. The zero-order valence-corrected chi connectivity index (χ0v) is 21.8. The summed E-state index contributed by atoms with van der Waals surface area (Å²) in [5.41, 5.74) is 2.59. The zero-order chi connectivity index (χ0) is 25.5. The number of hydrogen-bond acceptors (Lipinski definition) is 5. The molecule has 0 aliphatic carbocycles. The third-order valence-electron chi connectivity index (χ3n) is 7.15. The molecule has 3 aromatic carbocycles. The summed E-state index contributed by atoms with van der Waals surface area (Å²) >= 11 is 6.02. The first-order chi connectivity index (χ1) is 18.1. The molecule has 0 bridgehead atoms. The Kier molecular flexibility index (Phi) is 8.74. The highest BCUT2D eigenvalue weighted by Crippen LogP contribution is 2.23. The van der Waals surface area contributed by atoms with Gasteiger partial charge in [0.2, 0.25) is 0 Å². The van der Waals surface area contributed by atoms with E-state index in [2.05, 4.69) is 27.2 Å². The van der Waals surface area contributed by atoms with Gasteiger partial charge >= 0.3 is 0 Å². The Balaban J connectivity index is 1.11. The molecular weight excluding hydrogens is 486 g/mol. The Bertz CT molecular complexity index is 1150. The minimum absolute atomic E-state index is 0.0221. The third-order valence-corrected chi connectivity index (χ3v) is 7.40.